The van der Waals surface area contributed by atoms with Gasteiger partial charge in [-0.15, -0.1) is 0 Å². The second-order valence-electron chi connectivity index (χ2n) is 6.59. The summed E-state index contributed by atoms with van der Waals surface area (Å²) in [6, 6.07) is 0. The highest BCUT2D eigenvalue weighted by atomic mass is 31.2. The van der Waals surface area contributed by atoms with Crippen LogP contribution in [0.4, 0.5) is 0 Å². The Morgan fingerprint density at radius 2 is 1.39 bits per heavy atom. The molecule has 3 nitrogen and oxygen atoms in total. The van der Waals surface area contributed by atoms with Gasteiger partial charge >= 0.3 is 7.60 Å². The monoisotopic (exact) mass is 348 g/mol. The summed E-state index contributed by atoms with van der Waals surface area (Å²) in [6.45, 7) is 9.26. The van der Waals surface area contributed by atoms with E-state index in [4.69, 9.17) is 9.05 Å². The van der Waals surface area contributed by atoms with Crippen LogP contribution in [0.15, 0.2) is 0 Å². The first-order valence-electron chi connectivity index (χ1n) is 10.0. The van der Waals surface area contributed by atoms with E-state index < -0.39 is 7.60 Å². The molecular weight excluding hydrogens is 307 g/mol. The third-order valence-corrected chi connectivity index (χ3v) is 6.18. The minimum Gasteiger partial charge on any atom is -0.309 e. The smallest absolute Gasteiger partial charge is 0.309 e. The van der Waals surface area contributed by atoms with Gasteiger partial charge in [-0.1, -0.05) is 79.1 Å². The molecule has 0 amide bonds. The second-order valence-corrected chi connectivity index (χ2v) is 8.73. The summed E-state index contributed by atoms with van der Waals surface area (Å²) in [5.41, 5.74) is 0. The van der Waals surface area contributed by atoms with Crippen LogP contribution in [0.3, 0.4) is 0 Å². The maximum atomic E-state index is 13.1. The van der Waals surface area contributed by atoms with Crippen LogP contribution < -0.4 is 0 Å². The lowest BCUT2D eigenvalue weighted by molar-refractivity contribution is 0.129. The Labute approximate surface area is 145 Å². The highest BCUT2D eigenvalue weighted by Gasteiger charge is 2.27. The molecule has 0 aliphatic carbocycles. The predicted octanol–water partition coefficient (Wildman–Crippen LogP) is 7.34. The molecule has 0 aromatic carbocycles. The zero-order valence-corrected chi connectivity index (χ0v) is 17.0. The van der Waals surface area contributed by atoms with Gasteiger partial charge in [0.05, 0.1) is 18.9 Å². The van der Waals surface area contributed by atoms with Crippen LogP contribution in [-0.2, 0) is 13.6 Å². The lowest BCUT2D eigenvalue weighted by Crippen LogP contribution is -2.14. The summed E-state index contributed by atoms with van der Waals surface area (Å²) >= 11 is 0. The molecule has 0 aromatic heterocycles. The van der Waals surface area contributed by atoms with E-state index in [0.29, 0.717) is 12.8 Å². The highest BCUT2D eigenvalue weighted by Crippen LogP contribution is 2.51. The van der Waals surface area contributed by atoms with Crippen LogP contribution in [0, 0.1) is 0 Å². The van der Waals surface area contributed by atoms with Crippen LogP contribution in [0.1, 0.15) is 105 Å². The van der Waals surface area contributed by atoms with Crippen LogP contribution in [0.5, 0.6) is 0 Å². The van der Waals surface area contributed by atoms with Crippen molar-refractivity contribution in [3.05, 3.63) is 0 Å². The standard InChI is InChI=1S/C19H41O3P/c1-5-9-12-13-14-17-21-23(20,18-11-7-3)22-19(15-8-4)16-10-6-2/h19H,5-18H2,1-4H3. The van der Waals surface area contributed by atoms with Crippen LogP contribution in [-0.4, -0.2) is 18.9 Å². The fraction of sp³-hybridized carbons (Fsp3) is 1.00. The molecule has 23 heavy (non-hydrogen) atoms. The van der Waals surface area contributed by atoms with Crippen molar-refractivity contribution in [2.45, 2.75) is 111 Å². The Morgan fingerprint density at radius 3 is 2.00 bits per heavy atom. The van der Waals surface area contributed by atoms with Gasteiger partial charge in [-0.3, -0.25) is 4.57 Å². The fourth-order valence-corrected chi connectivity index (χ4v) is 4.71. The van der Waals surface area contributed by atoms with Gasteiger partial charge in [-0.05, 0) is 25.7 Å². The number of unbranched alkanes of at least 4 members (excludes halogenated alkanes) is 6. The average molecular weight is 349 g/mol. The van der Waals surface area contributed by atoms with E-state index >= 15 is 0 Å². The molecule has 0 heterocycles. The van der Waals surface area contributed by atoms with Crippen LogP contribution >= 0.6 is 7.60 Å². The van der Waals surface area contributed by atoms with E-state index in [2.05, 4.69) is 27.7 Å². The first kappa shape index (κ1) is 23.1. The average Bonchev–Trinajstić information content (AvgIpc) is 2.54. The number of hydrogen-bond donors (Lipinski definition) is 0. The molecule has 0 saturated heterocycles. The van der Waals surface area contributed by atoms with Gasteiger partial charge in [-0.25, -0.2) is 0 Å². The molecule has 4 heteroatoms. The molecule has 0 saturated carbocycles. The molecule has 2 atom stereocenters. The SMILES string of the molecule is CCCCCCCOP(=O)(CCCC)OC(CCC)CCCC. The molecule has 0 N–H and O–H groups in total. The Hall–Kier alpha value is 0.150. The molecule has 0 radical (unpaired) electrons. The van der Waals surface area contributed by atoms with Gasteiger partial charge in [0.2, 0.25) is 0 Å². The largest absolute Gasteiger partial charge is 0.330 e. The number of hydrogen-bond acceptors (Lipinski definition) is 3. The highest BCUT2D eigenvalue weighted by molar-refractivity contribution is 7.53. The lowest BCUT2D eigenvalue weighted by Gasteiger charge is -2.25. The van der Waals surface area contributed by atoms with E-state index in [0.717, 1.165) is 57.8 Å². The van der Waals surface area contributed by atoms with Crippen molar-refractivity contribution in [3.63, 3.8) is 0 Å². The third kappa shape index (κ3) is 13.2. The molecule has 0 aromatic rings. The van der Waals surface area contributed by atoms with Crippen LogP contribution in [0.2, 0.25) is 0 Å². The zero-order valence-electron chi connectivity index (χ0n) is 16.1. The summed E-state index contributed by atoms with van der Waals surface area (Å²) in [7, 11) is -2.92. The summed E-state index contributed by atoms with van der Waals surface area (Å²) in [6.07, 6.45) is 13.9. The van der Waals surface area contributed by atoms with Crippen molar-refractivity contribution < 1.29 is 13.6 Å². The van der Waals surface area contributed by atoms with E-state index in [1.54, 1.807) is 0 Å². The summed E-state index contributed by atoms with van der Waals surface area (Å²) in [5.74, 6) is 0. The van der Waals surface area contributed by atoms with Gasteiger partial charge in [-0.2, -0.15) is 0 Å². The number of rotatable bonds is 17. The van der Waals surface area contributed by atoms with Crippen molar-refractivity contribution >= 4 is 7.60 Å². The Morgan fingerprint density at radius 1 is 0.739 bits per heavy atom. The fourth-order valence-electron chi connectivity index (χ4n) is 2.64. The van der Waals surface area contributed by atoms with E-state index in [-0.39, 0.29) is 6.10 Å². The van der Waals surface area contributed by atoms with Gasteiger partial charge < -0.3 is 9.05 Å². The van der Waals surface area contributed by atoms with Crippen molar-refractivity contribution in [1.29, 1.82) is 0 Å². The molecule has 0 aliphatic rings. The normalized spacial score (nSPS) is 15.5. The Balaban J connectivity index is 4.38. The first-order valence-corrected chi connectivity index (χ1v) is 11.8. The molecular formula is C19H41O3P. The van der Waals surface area contributed by atoms with Gasteiger partial charge in [0.15, 0.2) is 0 Å². The summed E-state index contributed by atoms with van der Waals surface area (Å²) in [5, 5.41) is 0. The molecule has 140 valence electrons. The van der Waals surface area contributed by atoms with Crippen molar-refractivity contribution in [2.24, 2.45) is 0 Å². The first-order chi connectivity index (χ1) is 11.1. The van der Waals surface area contributed by atoms with E-state index in [9.17, 15) is 4.57 Å². The lowest BCUT2D eigenvalue weighted by atomic mass is 10.1. The van der Waals surface area contributed by atoms with E-state index in [1.165, 1.54) is 19.3 Å². The van der Waals surface area contributed by atoms with Gasteiger partial charge in [0.1, 0.15) is 0 Å². The van der Waals surface area contributed by atoms with Gasteiger partial charge in [0.25, 0.3) is 0 Å². The Kier molecular flexibility index (Phi) is 15.8. The third-order valence-electron chi connectivity index (χ3n) is 4.12. The zero-order chi connectivity index (χ0) is 17.4. The van der Waals surface area contributed by atoms with Crippen molar-refractivity contribution in [2.75, 3.05) is 12.8 Å². The summed E-state index contributed by atoms with van der Waals surface area (Å²) in [4.78, 5) is 0. The van der Waals surface area contributed by atoms with Gasteiger partial charge in [0, 0.05) is 0 Å². The predicted molar refractivity (Wildman–Crippen MR) is 101 cm³/mol. The quantitative estimate of drug-likeness (QED) is 0.204. The second kappa shape index (κ2) is 15.7. The topological polar surface area (TPSA) is 35.5 Å². The maximum Gasteiger partial charge on any atom is 0.330 e. The molecule has 0 fully saturated rings. The molecule has 2 unspecified atom stereocenters. The minimum absolute atomic E-state index is 0.0998. The molecule has 0 bridgehead atoms. The minimum atomic E-state index is -2.92. The Bertz CT molecular complexity index is 294. The van der Waals surface area contributed by atoms with E-state index in [1.807, 2.05) is 0 Å². The van der Waals surface area contributed by atoms with Crippen molar-refractivity contribution in [3.8, 4) is 0 Å². The molecule has 0 aliphatic heterocycles. The summed E-state index contributed by atoms with van der Waals surface area (Å²) < 4.78 is 24.9. The van der Waals surface area contributed by atoms with Crippen LogP contribution in [0.25, 0.3) is 0 Å². The van der Waals surface area contributed by atoms with Crippen molar-refractivity contribution in [1.82, 2.24) is 0 Å². The molecule has 0 rings (SSSR count). The molecule has 0 spiro atoms. The maximum absolute atomic E-state index is 13.1.